The predicted octanol–water partition coefficient (Wildman–Crippen LogP) is 4.06. The molecule has 1 saturated heterocycles. The number of hydrogen-bond acceptors (Lipinski definition) is 3. The highest BCUT2D eigenvalue weighted by atomic mass is 19.1. The van der Waals surface area contributed by atoms with Gasteiger partial charge < -0.3 is 9.31 Å². The average Bonchev–Trinajstić information content (AvgIpc) is 3.35. The van der Waals surface area contributed by atoms with Crippen LogP contribution in [0.1, 0.15) is 52.1 Å². The summed E-state index contributed by atoms with van der Waals surface area (Å²) in [6, 6.07) is 9.25. The van der Waals surface area contributed by atoms with Crippen molar-refractivity contribution in [1.82, 2.24) is 4.98 Å². The van der Waals surface area contributed by atoms with Gasteiger partial charge in [-0.2, -0.15) is 0 Å². The molecule has 0 spiro atoms. The normalized spacial score (nSPS) is 21.6. The molecular weight excluding hydrogens is 316 g/mol. The molecule has 5 heteroatoms. The van der Waals surface area contributed by atoms with E-state index in [0.717, 1.165) is 16.8 Å². The Labute approximate surface area is 148 Å². The van der Waals surface area contributed by atoms with Crippen molar-refractivity contribution in [3.8, 4) is 11.1 Å². The lowest BCUT2D eigenvalue weighted by Crippen LogP contribution is -2.41. The lowest BCUT2D eigenvalue weighted by atomic mass is 9.78. The summed E-state index contributed by atoms with van der Waals surface area (Å²) >= 11 is 0. The summed E-state index contributed by atoms with van der Waals surface area (Å²) in [4.78, 5) is 4.51. The first-order valence-corrected chi connectivity index (χ1v) is 8.88. The van der Waals surface area contributed by atoms with Gasteiger partial charge in [0, 0.05) is 28.8 Å². The maximum Gasteiger partial charge on any atom is 0.497 e. The fourth-order valence-electron chi connectivity index (χ4n) is 3.06. The molecule has 0 unspecified atom stereocenters. The van der Waals surface area contributed by atoms with Gasteiger partial charge in [0.05, 0.1) is 11.2 Å². The second-order valence-corrected chi connectivity index (χ2v) is 8.07. The van der Waals surface area contributed by atoms with Crippen LogP contribution in [-0.2, 0) is 9.31 Å². The smallest absolute Gasteiger partial charge is 0.399 e. The molecule has 0 N–H and O–H groups in total. The van der Waals surface area contributed by atoms with Crippen molar-refractivity contribution in [2.24, 2.45) is 0 Å². The molecule has 0 bridgehead atoms. The van der Waals surface area contributed by atoms with E-state index in [9.17, 15) is 4.39 Å². The Bertz CT molecular complexity index is 784. The fourth-order valence-corrected chi connectivity index (χ4v) is 3.06. The van der Waals surface area contributed by atoms with Crippen LogP contribution in [0.2, 0.25) is 0 Å². The van der Waals surface area contributed by atoms with Crippen molar-refractivity contribution in [3.05, 3.63) is 48.0 Å². The summed E-state index contributed by atoms with van der Waals surface area (Å²) < 4.78 is 26.6. The third-order valence-electron chi connectivity index (χ3n) is 5.62. The Morgan fingerprint density at radius 3 is 2.16 bits per heavy atom. The van der Waals surface area contributed by atoms with E-state index in [2.05, 4.69) is 4.98 Å². The quantitative estimate of drug-likeness (QED) is 0.790. The zero-order valence-electron chi connectivity index (χ0n) is 15.2. The molecule has 2 aliphatic rings. The third kappa shape index (κ3) is 3.00. The largest absolute Gasteiger partial charge is 0.497 e. The van der Waals surface area contributed by atoms with Gasteiger partial charge in [-0.15, -0.1) is 0 Å². The molecule has 2 heterocycles. The number of pyridine rings is 1. The van der Waals surface area contributed by atoms with E-state index in [1.165, 1.54) is 18.9 Å². The van der Waals surface area contributed by atoms with Crippen LogP contribution in [0, 0.1) is 5.82 Å². The highest BCUT2D eigenvalue weighted by molar-refractivity contribution is 6.62. The van der Waals surface area contributed by atoms with Gasteiger partial charge in [0.25, 0.3) is 0 Å². The van der Waals surface area contributed by atoms with Gasteiger partial charge in [0.2, 0.25) is 0 Å². The predicted molar refractivity (Wildman–Crippen MR) is 97.3 cm³/mol. The van der Waals surface area contributed by atoms with E-state index in [4.69, 9.17) is 9.31 Å². The van der Waals surface area contributed by atoms with Gasteiger partial charge in [0.15, 0.2) is 0 Å². The molecule has 4 rings (SSSR count). The SMILES string of the molecule is CC1(C)OB(c2ccc(-c3ccc(C4CC4)nc3)cc2F)OC1(C)C. The van der Waals surface area contributed by atoms with Gasteiger partial charge in [-0.25, -0.2) is 4.39 Å². The third-order valence-corrected chi connectivity index (χ3v) is 5.62. The van der Waals surface area contributed by atoms with E-state index in [1.807, 2.05) is 52.1 Å². The zero-order chi connectivity index (χ0) is 17.8. The highest BCUT2D eigenvalue weighted by Crippen LogP contribution is 2.39. The number of aromatic nitrogens is 1. The summed E-state index contributed by atoms with van der Waals surface area (Å²) in [6.07, 6.45) is 4.28. The van der Waals surface area contributed by atoms with Crippen molar-refractivity contribution in [2.75, 3.05) is 0 Å². The van der Waals surface area contributed by atoms with Crippen LogP contribution in [0.5, 0.6) is 0 Å². The summed E-state index contributed by atoms with van der Waals surface area (Å²) in [5, 5.41) is 0. The minimum Gasteiger partial charge on any atom is -0.399 e. The van der Waals surface area contributed by atoms with Gasteiger partial charge in [-0.3, -0.25) is 4.98 Å². The molecule has 1 aromatic heterocycles. The molecule has 0 radical (unpaired) electrons. The molecule has 130 valence electrons. The van der Waals surface area contributed by atoms with Gasteiger partial charge in [-0.1, -0.05) is 18.2 Å². The van der Waals surface area contributed by atoms with Crippen molar-refractivity contribution >= 4 is 12.6 Å². The average molecular weight is 339 g/mol. The standard InChI is InChI=1S/C20H23BFNO2/c1-19(2)20(3,4)25-21(24-19)16-9-7-14(11-17(16)22)15-8-10-18(23-12-15)13-5-6-13/h7-13H,5-6H2,1-4H3. The molecular formula is C20H23BFNO2. The molecule has 1 aliphatic carbocycles. The Morgan fingerprint density at radius 1 is 1.00 bits per heavy atom. The summed E-state index contributed by atoms with van der Waals surface area (Å²) in [5.41, 5.74) is 2.34. The van der Waals surface area contributed by atoms with E-state index >= 15 is 0 Å². The molecule has 1 saturated carbocycles. The summed E-state index contributed by atoms with van der Waals surface area (Å²) in [7, 11) is -0.686. The molecule has 1 aliphatic heterocycles. The van der Waals surface area contributed by atoms with Crippen LogP contribution in [0.15, 0.2) is 36.5 Å². The van der Waals surface area contributed by atoms with Gasteiger partial charge in [-0.05, 0) is 58.2 Å². The Hall–Kier alpha value is -1.72. The maximum atomic E-state index is 14.7. The number of benzene rings is 1. The first-order chi connectivity index (χ1) is 11.8. The Morgan fingerprint density at radius 2 is 1.64 bits per heavy atom. The van der Waals surface area contributed by atoms with Crippen molar-refractivity contribution in [3.63, 3.8) is 0 Å². The first-order valence-electron chi connectivity index (χ1n) is 8.88. The topological polar surface area (TPSA) is 31.4 Å². The number of nitrogens with zero attached hydrogens (tertiary/aromatic N) is 1. The van der Waals surface area contributed by atoms with Crippen LogP contribution >= 0.6 is 0 Å². The maximum absolute atomic E-state index is 14.7. The second-order valence-electron chi connectivity index (χ2n) is 8.07. The first kappa shape index (κ1) is 16.7. The minimum absolute atomic E-state index is 0.317. The fraction of sp³-hybridized carbons (Fsp3) is 0.450. The van der Waals surface area contributed by atoms with E-state index < -0.39 is 18.3 Å². The van der Waals surface area contributed by atoms with Gasteiger partial charge in [0.1, 0.15) is 5.82 Å². The zero-order valence-corrected chi connectivity index (χ0v) is 15.2. The van der Waals surface area contributed by atoms with Crippen molar-refractivity contribution < 1.29 is 13.7 Å². The number of hydrogen-bond donors (Lipinski definition) is 0. The monoisotopic (exact) mass is 339 g/mol. The molecule has 1 aromatic carbocycles. The highest BCUT2D eigenvalue weighted by Gasteiger charge is 2.52. The Kier molecular flexibility index (Phi) is 3.78. The molecule has 0 atom stereocenters. The molecule has 3 nitrogen and oxygen atoms in total. The minimum atomic E-state index is -0.686. The second kappa shape index (κ2) is 5.65. The van der Waals surface area contributed by atoms with E-state index in [1.54, 1.807) is 6.07 Å². The van der Waals surface area contributed by atoms with Crippen LogP contribution < -0.4 is 5.46 Å². The van der Waals surface area contributed by atoms with E-state index in [-0.39, 0.29) is 5.82 Å². The lowest BCUT2D eigenvalue weighted by molar-refractivity contribution is 0.00578. The molecule has 2 aromatic rings. The van der Waals surface area contributed by atoms with Crippen LogP contribution in [0.3, 0.4) is 0 Å². The molecule has 0 amide bonds. The number of rotatable bonds is 3. The van der Waals surface area contributed by atoms with Crippen LogP contribution in [0.4, 0.5) is 4.39 Å². The summed E-state index contributed by atoms with van der Waals surface area (Å²) in [6.45, 7) is 7.86. The molecule has 25 heavy (non-hydrogen) atoms. The van der Waals surface area contributed by atoms with Crippen molar-refractivity contribution in [1.29, 1.82) is 0 Å². The van der Waals surface area contributed by atoms with Crippen LogP contribution in [0.25, 0.3) is 11.1 Å². The van der Waals surface area contributed by atoms with E-state index in [0.29, 0.717) is 11.4 Å². The lowest BCUT2D eigenvalue weighted by Gasteiger charge is -2.32. The van der Waals surface area contributed by atoms with Crippen molar-refractivity contribution in [2.45, 2.75) is 57.7 Å². The summed E-state index contributed by atoms with van der Waals surface area (Å²) in [5.74, 6) is 0.304. The van der Waals surface area contributed by atoms with Crippen LogP contribution in [-0.4, -0.2) is 23.3 Å². The molecule has 2 fully saturated rings. The number of halogens is 1. The van der Waals surface area contributed by atoms with Gasteiger partial charge >= 0.3 is 7.12 Å². The Balaban J connectivity index is 1.59.